The maximum atomic E-state index is 2.34. The van der Waals surface area contributed by atoms with Crippen molar-refractivity contribution in [3.63, 3.8) is 0 Å². The van der Waals surface area contributed by atoms with Crippen LogP contribution in [0.1, 0.15) is 79.1 Å². The van der Waals surface area contributed by atoms with Gasteiger partial charge in [0.15, 0.2) is 0 Å². The molecule has 2 aliphatic carbocycles. The Morgan fingerprint density at radius 1 is 0.579 bits per heavy atom. The largest absolute Gasteiger partial charge is 2.00 e. The monoisotopic (exact) mass is 309 g/mol. The van der Waals surface area contributed by atoms with Crippen molar-refractivity contribution in [2.75, 3.05) is 0 Å². The van der Waals surface area contributed by atoms with Crippen LogP contribution in [0.4, 0.5) is 0 Å². The third kappa shape index (κ3) is 9.97. The second kappa shape index (κ2) is 13.5. The molecule has 0 aromatic carbocycles. The summed E-state index contributed by atoms with van der Waals surface area (Å²) in [5.74, 6) is 4.01. The van der Waals surface area contributed by atoms with Crippen molar-refractivity contribution in [2.45, 2.75) is 79.1 Å². The van der Waals surface area contributed by atoms with Crippen LogP contribution in [0.3, 0.4) is 0 Å². The summed E-state index contributed by atoms with van der Waals surface area (Å²) >= 11 is 0. The molecular weight excluding hydrogens is 271 g/mol. The minimum Gasteiger partial charge on any atom is -0.358 e. The van der Waals surface area contributed by atoms with E-state index in [1.165, 1.54) is 51.4 Å². The van der Waals surface area contributed by atoms with Gasteiger partial charge in [-0.25, -0.2) is 0 Å². The number of hydrogen-bond donors (Lipinski definition) is 0. The second-order valence-corrected chi connectivity index (χ2v) is 6.58. The summed E-state index contributed by atoms with van der Waals surface area (Å²) in [7, 11) is 0. The van der Waals surface area contributed by atoms with Gasteiger partial charge in [0.2, 0.25) is 0 Å². The van der Waals surface area contributed by atoms with Gasteiger partial charge in [0.05, 0.1) is 0 Å². The molecule has 2 rings (SSSR count). The van der Waals surface area contributed by atoms with Crippen molar-refractivity contribution in [3.8, 4) is 0 Å². The fraction of sp³-hybridized carbons (Fsp3) is 0.889. The van der Waals surface area contributed by atoms with Gasteiger partial charge in [-0.3, -0.25) is 0 Å². The molecule has 2 saturated carbocycles. The molecule has 0 amide bonds. The third-order valence-corrected chi connectivity index (χ3v) is 4.69. The van der Waals surface area contributed by atoms with E-state index in [0.717, 1.165) is 23.7 Å². The molecule has 0 atom stereocenters. The van der Waals surface area contributed by atoms with Gasteiger partial charge in [-0.1, -0.05) is 79.1 Å². The molecule has 2 aliphatic rings. The first kappa shape index (κ1) is 24.5. The van der Waals surface area contributed by atoms with Crippen LogP contribution in [0.5, 0.6) is 0 Å². The summed E-state index contributed by atoms with van der Waals surface area (Å²) in [5, 5.41) is 0. The zero-order chi connectivity index (χ0) is 12.0. The van der Waals surface area contributed by atoms with Gasteiger partial charge in [-0.2, -0.15) is 0 Å². The zero-order valence-corrected chi connectivity index (χ0v) is 15.5. The normalized spacial score (nSPS) is 19.3. The molecule has 0 bridgehead atoms. The standard InChI is InChI=1S/2C8H16.2CH3.Mn/c2*1-7(2)8-5-3-4-6-8;;;/h2*7-8H,3-6H2,1-2H3;2*1H3;/q;;2*-1;+2. The van der Waals surface area contributed by atoms with E-state index >= 15 is 0 Å². The van der Waals surface area contributed by atoms with Crippen molar-refractivity contribution in [1.29, 1.82) is 0 Å². The Morgan fingerprint density at radius 3 is 0.895 bits per heavy atom. The van der Waals surface area contributed by atoms with Gasteiger partial charge < -0.3 is 14.9 Å². The van der Waals surface area contributed by atoms with Crippen LogP contribution in [-0.4, -0.2) is 0 Å². The topological polar surface area (TPSA) is 0 Å². The molecule has 1 radical (unpaired) electrons. The van der Waals surface area contributed by atoms with Gasteiger partial charge in [-0.15, -0.1) is 0 Å². The van der Waals surface area contributed by atoms with Crippen LogP contribution < -0.4 is 0 Å². The predicted molar refractivity (Wildman–Crippen MR) is 86.4 cm³/mol. The Balaban J connectivity index is -0.000000233. The molecule has 2 fully saturated rings. The molecule has 0 unspecified atom stereocenters. The maximum absolute atomic E-state index is 2.34. The minimum atomic E-state index is 0. The van der Waals surface area contributed by atoms with E-state index in [2.05, 4.69) is 27.7 Å². The van der Waals surface area contributed by atoms with E-state index in [1.807, 2.05) is 0 Å². The minimum absolute atomic E-state index is 0. The van der Waals surface area contributed by atoms with E-state index in [0.29, 0.717) is 0 Å². The first-order chi connectivity index (χ1) is 7.61. The Morgan fingerprint density at radius 2 is 0.789 bits per heavy atom. The molecule has 0 nitrogen and oxygen atoms in total. The van der Waals surface area contributed by atoms with Crippen molar-refractivity contribution < 1.29 is 17.1 Å². The van der Waals surface area contributed by atoms with Crippen molar-refractivity contribution in [3.05, 3.63) is 14.9 Å². The van der Waals surface area contributed by atoms with E-state index < -0.39 is 0 Å². The van der Waals surface area contributed by atoms with Crippen molar-refractivity contribution in [1.82, 2.24) is 0 Å². The van der Waals surface area contributed by atoms with E-state index in [-0.39, 0.29) is 31.9 Å². The van der Waals surface area contributed by atoms with E-state index in [1.54, 1.807) is 0 Å². The SMILES string of the molecule is CC(C)C1CCCC1.CC(C)C1CCCC1.[CH3-].[CH3-].[Mn+2]. The van der Waals surface area contributed by atoms with Crippen LogP contribution in [0.25, 0.3) is 0 Å². The van der Waals surface area contributed by atoms with Gasteiger partial charge in [-0.05, 0) is 23.7 Å². The van der Waals surface area contributed by atoms with E-state index in [9.17, 15) is 0 Å². The van der Waals surface area contributed by atoms with Crippen LogP contribution in [0, 0.1) is 38.5 Å². The number of rotatable bonds is 2. The summed E-state index contributed by atoms with van der Waals surface area (Å²) in [6.45, 7) is 9.37. The predicted octanol–water partition coefficient (Wildman–Crippen LogP) is 6.56. The molecule has 0 aliphatic heterocycles. The van der Waals surface area contributed by atoms with Crippen LogP contribution in [-0.2, 0) is 17.1 Å². The summed E-state index contributed by atoms with van der Waals surface area (Å²) in [5.41, 5.74) is 0. The zero-order valence-electron chi connectivity index (χ0n) is 14.3. The molecule has 0 spiro atoms. The quantitative estimate of drug-likeness (QED) is 0.400. The molecule has 19 heavy (non-hydrogen) atoms. The maximum Gasteiger partial charge on any atom is 2.00 e. The van der Waals surface area contributed by atoms with Crippen LogP contribution in [0.15, 0.2) is 0 Å². The molecule has 0 saturated heterocycles. The van der Waals surface area contributed by atoms with Crippen LogP contribution >= 0.6 is 0 Å². The third-order valence-electron chi connectivity index (χ3n) is 4.69. The fourth-order valence-electron chi connectivity index (χ4n) is 3.25. The molecule has 117 valence electrons. The smallest absolute Gasteiger partial charge is 0.358 e. The summed E-state index contributed by atoms with van der Waals surface area (Å²) < 4.78 is 0. The summed E-state index contributed by atoms with van der Waals surface area (Å²) in [4.78, 5) is 0. The first-order valence-electron chi connectivity index (χ1n) is 7.61. The Labute approximate surface area is 135 Å². The second-order valence-electron chi connectivity index (χ2n) is 6.58. The fourth-order valence-corrected chi connectivity index (χ4v) is 3.25. The van der Waals surface area contributed by atoms with Gasteiger partial charge in [0, 0.05) is 0 Å². The molecule has 0 aromatic rings. The van der Waals surface area contributed by atoms with Gasteiger partial charge in [0.25, 0.3) is 0 Å². The first-order valence-corrected chi connectivity index (χ1v) is 7.61. The molecule has 0 heterocycles. The summed E-state index contributed by atoms with van der Waals surface area (Å²) in [6.07, 6.45) is 11.9. The van der Waals surface area contributed by atoms with E-state index in [4.69, 9.17) is 0 Å². The summed E-state index contributed by atoms with van der Waals surface area (Å²) in [6, 6.07) is 0. The Bertz CT molecular complexity index is 143. The van der Waals surface area contributed by atoms with Crippen molar-refractivity contribution in [2.24, 2.45) is 23.7 Å². The van der Waals surface area contributed by atoms with Gasteiger partial charge >= 0.3 is 17.1 Å². The molecule has 0 aromatic heterocycles. The van der Waals surface area contributed by atoms with Crippen LogP contribution in [0.2, 0.25) is 0 Å². The van der Waals surface area contributed by atoms with Gasteiger partial charge in [0.1, 0.15) is 0 Å². The average molecular weight is 309 g/mol. The molecule has 0 N–H and O–H groups in total. The molecular formula is C18H38Mn. The number of hydrogen-bond acceptors (Lipinski definition) is 0. The van der Waals surface area contributed by atoms with Crippen molar-refractivity contribution >= 4 is 0 Å². The Hall–Kier alpha value is 0.519. The average Bonchev–Trinajstić information content (AvgIpc) is 2.93. The Kier molecular flexibility index (Phi) is 17.4. The molecule has 1 heteroatoms.